The molecule has 2 aromatic rings. The van der Waals surface area contributed by atoms with E-state index in [0.29, 0.717) is 6.42 Å². The highest BCUT2D eigenvalue weighted by molar-refractivity contribution is 5.84. The van der Waals surface area contributed by atoms with Gasteiger partial charge in [-0.1, -0.05) is 42.5 Å². The molecule has 0 bridgehead atoms. The van der Waals surface area contributed by atoms with Crippen molar-refractivity contribution in [3.63, 3.8) is 0 Å². The number of hydrogen-bond donors (Lipinski definition) is 2. The summed E-state index contributed by atoms with van der Waals surface area (Å²) in [7, 11) is 0. The maximum absolute atomic E-state index is 12.3. The van der Waals surface area contributed by atoms with Crippen molar-refractivity contribution in [2.24, 2.45) is 0 Å². The van der Waals surface area contributed by atoms with Gasteiger partial charge in [-0.3, -0.25) is 4.79 Å². The van der Waals surface area contributed by atoms with Gasteiger partial charge in [0.1, 0.15) is 6.04 Å². The SMILES string of the molecule is O=C(CCc1ccc2ccccc2c1)NC(CC(F)F)C(=O)O. The van der Waals surface area contributed by atoms with Crippen molar-refractivity contribution in [3.8, 4) is 0 Å². The number of aryl methyl sites for hydroxylation is 1. The number of carbonyl (C=O) groups excluding carboxylic acids is 1. The van der Waals surface area contributed by atoms with Gasteiger partial charge in [0.15, 0.2) is 0 Å². The Morgan fingerprint density at radius 1 is 1.09 bits per heavy atom. The van der Waals surface area contributed by atoms with Crippen LogP contribution in [0.1, 0.15) is 18.4 Å². The van der Waals surface area contributed by atoms with E-state index in [9.17, 15) is 18.4 Å². The minimum absolute atomic E-state index is 0.0470. The molecule has 0 aliphatic heterocycles. The molecule has 0 aliphatic carbocycles. The van der Waals surface area contributed by atoms with Crippen LogP contribution in [-0.4, -0.2) is 29.5 Å². The topological polar surface area (TPSA) is 66.4 Å². The van der Waals surface area contributed by atoms with Crippen molar-refractivity contribution in [2.75, 3.05) is 0 Å². The molecule has 0 saturated heterocycles. The highest BCUT2D eigenvalue weighted by atomic mass is 19.3. The molecule has 0 radical (unpaired) electrons. The minimum Gasteiger partial charge on any atom is -0.480 e. The Morgan fingerprint density at radius 2 is 1.78 bits per heavy atom. The number of fused-ring (bicyclic) bond motifs is 1. The molecule has 0 fully saturated rings. The normalized spacial score (nSPS) is 12.3. The summed E-state index contributed by atoms with van der Waals surface area (Å²) >= 11 is 0. The lowest BCUT2D eigenvalue weighted by Gasteiger charge is -2.14. The number of halogens is 2. The number of benzene rings is 2. The van der Waals surface area contributed by atoms with E-state index in [4.69, 9.17) is 5.11 Å². The Bertz CT molecular complexity index is 703. The number of carboxylic acids is 1. The van der Waals surface area contributed by atoms with Crippen molar-refractivity contribution >= 4 is 22.6 Å². The maximum Gasteiger partial charge on any atom is 0.326 e. The second-order valence-corrected chi connectivity index (χ2v) is 5.27. The van der Waals surface area contributed by atoms with E-state index in [2.05, 4.69) is 5.32 Å². The molecule has 1 atom stereocenters. The van der Waals surface area contributed by atoms with Gasteiger partial charge in [-0.05, 0) is 22.8 Å². The standard InChI is InChI=1S/C17H17F2NO3/c18-15(19)10-14(17(22)23)20-16(21)8-6-11-5-7-12-3-1-2-4-13(12)9-11/h1-5,7,9,14-15H,6,8,10H2,(H,20,21)(H,22,23). The van der Waals surface area contributed by atoms with Crippen molar-refractivity contribution in [2.45, 2.75) is 31.7 Å². The molecule has 1 unspecified atom stereocenters. The Kier molecular flexibility index (Phi) is 5.62. The lowest BCUT2D eigenvalue weighted by atomic mass is 10.0. The molecule has 4 nitrogen and oxygen atoms in total. The van der Waals surface area contributed by atoms with E-state index in [-0.39, 0.29) is 6.42 Å². The van der Waals surface area contributed by atoms with Crippen LogP contribution in [0, 0.1) is 0 Å². The van der Waals surface area contributed by atoms with E-state index in [0.717, 1.165) is 16.3 Å². The van der Waals surface area contributed by atoms with Crippen LogP contribution in [0.15, 0.2) is 42.5 Å². The van der Waals surface area contributed by atoms with Crippen LogP contribution in [0.5, 0.6) is 0 Å². The second kappa shape index (κ2) is 7.67. The van der Waals surface area contributed by atoms with Gasteiger partial charge < -0.3 is 10.4 Å². The summed E-state index contributed by atoms with van der Waals surface area (Å²) in [6.45, 7) is 0. The van der Waals surface area contributed by atoms with Crippen LogP contribution in [-0.2, 0) is 16.0 Å². The van der Waals surface area contributed by atoms with Gasteiger partial charge in [0.25, 0.3) is 0 Å². The van der Waals surface area contributed by atoms with Gasteiger partial charge in [-0.25, -0.2) is 13.6 Å². The van der Waals surface area contributed by atoms with Crippen LogP contribution in [0.4, 0.5) is 8.78 Å². The lowest BCUT2D eigenvalue weighted by molar-refractivity contribution is -0.143. The zero-order chi connectivity index (χ0) is 16.8. The lowest BCUT2D eigenvalue weighted by Crippen LogP contribution is -2.42. The van der Waals surface area contributed by atoms with Crippen molar-refractivity contribution in [3.05, 3.63) is 48.0 Å². The molecular formula is C17H17F2NO3. The Morgan fingerprint density at radius 3 is 2.43 bits per heavy atom. The summed E-state index contributed by atoms with van der Waals surface area (Å²) in [4.78, 5) is 22.6. The first-order valence-corrected chi connectivity index (χ1v) is 7.23. The largest absolute Gasteiger partial charge is 0.480 e. The van der Waals surface area contributed by atoms with Gasteiger partial charge in [-0.15, -0.1) is 0 Å². The third kappa shape index (κ3) is 5.02. The summed E-state index contributed by atoms with van der Waals surface area (Å²) in [5, 5.41) is 13.1. The molecule has 0 aliphatic rings. The van der Waals surface area contributed by atoms with Crippen LogP contribution in [0.25, 0.3) is 10.8 Å². The molecular weight excluding hydrogens is 304 g/mol. The number of aliphatic carboxylic acids is 1. The molecule has 2 rings (SSSR count). The second-order valence-electron chi connectivity index (χ2n) is 5.27. The average Bonchev–Trinajstić information content (AvgIpc) is 2.51. The van der Waals surface area contributed by atoms with Gasteiger partial charge >= 0.3 is 5.97 Å². The first-order valence-electron chi connectivity index (χ1n) is 7.23. The predicted octanol–water partition coefficient (Wildman–Crippen LogP) is 3.00. The van der Waals surface area contributed by atoms with E-state index in [1.807, 2.05) is 42.5 Å². The smallest absolute Gasteiger partial charge is 0.326 e. The van der Waals surface area contributed by atoms with E-state index in [1.165, 1.54) is 0 Å². The molecule has 0 heterocycles. The van der Waals surface area contributed by atoms with Crippen LogP contribution in [0.3, 0.4) is 0 Å². The minimum atomic E-state index is -2.78. The fourth-order valence-electron chi connectivity index (χ4n) is 2.32. The first-order chi connectivity index (χ1) is 11.0. The monoisotopic (exact) mass is 321 g/mol. The average molecular weight is 321 g/mol. The maximum atomic E-state index is 12.3. The molecule has 2 aromatic carbocycles. The zero-order valence-electron chi connectivity index (χ0n) is 12.3. The molecule has 2 N–H and O–H groups in total. The molecule has 122 valence electrons. The number of amides is 1. The van der Waals surface area contributed by atoms with Crippen molar-refractivity contribution in [1.82, 2.24) is 5.32 Å². The fourth-order valence-corrected chi connectivity index (χ4v) is 2.32. The van der Waals surface area contributed by atoms with Gasteiger partial charge in [-0.2, -0.15) is 0 Å². The number of hydrogen-bond acceptors (Lipinski definition) is 2. The molecule has 0 saturated carbocycles. The van der Waals surface area contributed by atoms with Crippen LogP contribution < -0.4 is 5.32 Å². The van der Waals surface area contributed by atoms with Gasteiger partial charge in [0, 0.05) is 12.8 Å². The Balaban J connectivity index is 1.93. The Hall–Kier alpha value is -2.50. The predicted molar refractivity (Wildman–Crippen MR) is 82.5 cm³/mol. The molecule has 0 spiro atoms. The van der Waals surface area contributed by atoms with E-state index >= 15 is 0 Å². The highest BCUT2D eigenvalue weighted by Gasteiger charge is 2.23. The summed E-state index contributed by atoms with van der Waals surface area (Å²) in [5.74, 6) is -2.00. The van der Waals surface area contributed by atoms with Crippen LogP contribution in [0.2, 0.25) is 0 Å². The fraction of sp³-hybridized carbons (Fsp3) is 0.294. The molecule has 6 heteroatoms. The molecule has 23 heavy (non-hydrogen) atoms. The van der Waals surface area contributed by atoms with E-state index in [1.54, 1.807) is 0 Å². The summed E-state index contributed by atoms with van der Waals surface area (Å²) in [5.41, 5.74) is 0.930. The number of rotatable bonds is 7. The van der Waals surface area contributed by atoms with Crippen LogP contribution >= 0.6 is 0 Å². The number of nitrogens with one attached hydrogen (secondary N) is 1. The summed E-state index contributed by atoms with van der Waals surface area (Å²) in [6, 6.07) is 12.0. The third-order valence-electron chi connectivity index (χ3n) is 3.50. The van der Waals surface area contributed by atoms with E-state index < -0.39 is 30.8 Å². The summed E-state index contributed by atoms with van der Waals surface area (Å²) in [6.07, 6.45) is -3.21. The Labute approximate surface area is 132 Å². The first kappa shape index (κ1) is 16.9. The summed E-state index contributed by atoms with van der Waals surface area (Å²) < 4.78 is 24.6. The molecule has 1 amide bonds. The third-order valence-corrected chi connectivity index (χ3v) is 3.50. The molecule has 0 aromatic heterocycles. The van der Waals surface area contributed by atoms with Gasteiger partial charge in [0.2, 0.25) is 12.3 Å². The number of carbonyl (C=O) groups is 2. The number of alkyl halides is 2. The highest BCUT2D eigenvalue weighted by Crippen LogP contribution is 2.16. The number of carboxylic acid groups (broad SMARTS) is 1. The van der Waals surface area contributed by atoms with Crippen molar-refractivity contribution < 1.29 is 23.5 Å². The quantitative estimate of drug-likeness (QED) is 0.824. The van der Waals surface area contributed by atoms with Gasteiger partial charge in [0.05, 0.1) is 0 Å². The zero-order valence-corrected chi connectivity index (χ0v) is 12.3. The van der Waals surface area contributed by atoms with Crippen molar-refractivity contribution in [1.29, 1.82) is 0 Å².